The maximum atomic E-state index is 12.5. The average molecular weight is 298 g/mol. The maximum absolute atomic E-state index is 12.5. The van der Waals surface area contributed by atoms with Gasteiger partial charge in [-0.3, -0.25) is 4.79 Å². The Kier molecular flexibility index (Phi) is 4.93. The van der Waals surface area contributed by atoms with Crippen molar-refractivity contribution in [2.45, 2.75) is 25.6 Å². The first kappa shape index (κ1) is 15.5. The molecule has 9 heteroatoms. The van der Waals surface area contributed by atoms with Crippen molar-refractivity contribution in [1.82, 2.24) is 9.97 Å². The van der Waals surface area contributed by atoms with Crippen molar-refractivity contribution in [3.05, 3.63) is 17.0 Å². The molecular weight excluding hydrogens is 287 g/mol. The number of alkyl halides is 3. The van der Waals surface area contributed by atoms with Gasteiger partial charge in [0.25, 0.3) is 0 Å². The number of anilines is 1. The number of hydrogen-bond acceptors (Lipinski definition) is 5. The normalized spacial score (nSPS) is 12.9. The van der Waals surface area contributed by atoms with Gasteiger partial charge in [0, 0.05) is 12.1 Å². The number of nitrogens with zero attached hydrogens (tertiary/aromatic N) is 2. The van der Waals surface area contributed by atoms with E-state index in [1.165, 1.54) is 7.11 Å². The highest BCUT2D eigenvalue weighted by atomic mass is 35.5. The highest BCUT2D eigenvalue weighted by molar-refractivity contribution is 6.28. The predicted octanol–water partition coefficient (Wildman–Crippen LogP) is 2.51. The van der Waals surface area contributed by atoms with Gasteiger partial charge in [-0.25, -0.2) is 9.97 Å². The number of halogens is 4. The predicted molar refractivity (Wildman–Crippen MR) is 61.8 cm³/mol. The highest BCUT2D eigenvalue weighted by Gasteiger charge is 2.33. The molecule has 0 saturated carbocycles. The second kappa shape index (κ2) is 6.05. The zero-order chi connectivity index (χ0) is 14.6. The number of rotatable bonds is 4. The Morgan fingerprint density at radius 3 is 2.68 bits per heavy atom. The highest BCUT2D eigenvalue weighted by Crippen LogP contribution is 2.29. The summed E-state index contributed by atoms with van der Waals surface area (Å²) in [6.45, 7) is 1.60. The molecule has 106 valence electrons. The lowest BCUT2D eigenvalue weighted by molar-refractivity contribution is -0.142. The van der Waals surface area contributed by atoms with Crippen LogP contribution >= 0.6 is 11.6 Å². The van der Waals surface area contributed by atoms with Crippen LogP contribution in [0.15, 0.2) is 6.07 Å². The first-order chi connectivity index (χ1) is 8.72. The van der Waals surface area contributed by atoms with Crippen molar-refractivity contribution in [1.29, 1.82) is 0 Å². The van der Waals surface area contributed by atoms with Gasteiger partial charge >= 0.3 is 12.1 Å². The minimum Gasteiger partial charge on any atom is -0.469 e. The number of nitrogens with one attached hydrogen (secondary N) is 1. The van der Waals surface area contributed by atoms with Gasteiger partial charge in [0.1, 0.15) is 5.82 Å². The van der Waals surface area contributed by atoms with Gasteiger partial charge in [0.2, 0.25) is 5.28 Å². The van der Waals surface area contributed by atoms with E-state index in [9.17, 15) is 18.0 Å². The quantitative estimate of drug-likeness (QED) is 0.683. The van der Waals surface area contributed by atoms with E-state index in [0.29, 0.717) is 0 Å². The molecule has 5 nitrogen and oxygen atoms in total. The van der Waals surface area contributed by atoms with Crippen LogP contribution in [0.5, 0.6) is 0 Å². The van der Waals surface area contributed by atoms with Crippen molar-refractivity contribution in [3.63, 3.8) is 0 Å². The molecule has 1 aromatic rings. The zero-order valence-corrected chi connectivity index (χ0v) is 10.8. The van der Waals surface area contributed by atoms with Gasteiger partial charge in [0.15, 0.2) is 5.69 Å². The van der Waals surface area contributed by atoms with E-state index in [-0.39, 0.29) is 12.2 Å². The van der Waals surface area contributed by atoms with E-state index >= 15 is 0 Å². The smallest absolute Gasteiger partial charge is 0.433 e. The van der Waals surface area contributed by atoms with Gasteiger partial charge in [-0.15, -0.1) is 0 Å². The zero-order valence-electron chi connectivity index (χ0n) is 10.1. The fraction of sp³-hybridized carbons (Fsp3) is 0.500. The fourth-order valence-corrected chi connectivity index (χ4v) is 1.46. The lowest BCUT2D eigenvalue weighted by atomic mass is 10.2. The number of carbonyl (C=O) groups is 1. The van der Waals surface area contributed by atoms with E-state index < -0.39 is 29.2 Å². The van der Waals surface area contributed by atoms with E-state index in [1.807, 2.05) is 0 Å². The second-order valence-electron chi connectivity index (χ2n) is 3.73. The van der Waals surface area contributed by atoms with Crippen LogP contribution in [-0.4, -0.2) is 29.1 Å². The second-order valence-corrected chi connectivity index (χ2v) is 4.07. The Morgan fingerprint density at radius 2 is 2.16 bits per heavy atom. The third-order valence-electron chi connectivity index (χ3n) is 2.08. The van der Waals surface area contributed by atoms with Crippen molar-refractivity contribution >= 4 is 23.4 Å². The molecule has 1 rings (SSSR count). The molecule has 0 radical (unpaired) electrons. The molecule has 1 aromatic heterocycles. The van der Waals surface area contributed by atoms with Crippen LogP contribution < -0.4 is 5.32 Å². The summed E-state index contributed by atoms with van der Waals surface area (Å²) < 4.78 is 41.9. The van der Waals surface area contributed by atoms with Crippen LogP contribution in [0.25, 0.3) is 0 Å². The number of carbonyl (C=O) groups excluding carboxylic acids is 1. The van der Waals surface area contributed by atoms with Gasteiger partial charge in [-0.05, 0) is 18.5 Å². The lowest BCUT2D eigenvalue weighted by Gasteiger charge is -2.14. The Bertz CT molecular complexity index is 468. The molecular formula is C10H11ClF3N3O2. The SMILES string of the molecule is COC(=O)CC(C)Nc1cc(C(F)(F)F)nc(Cl)n1. The van der Waals surface area contributed by atoms with Crippen molar-refractivity contribution < 1.29 is 22.7 Å². The standard InChI is InChI=1S/C10H11ClF3N3O2/c1-5(3-8(18)19-2)15-7-4-6(10(12,13)14)16-9(11)17-7/h4-5H,3H2,1-2H3,(H,15,16,17). The van der Waals surface area contributed by atoms with E-state index in [2.05, 4.69) is 20.0 Å². The molecule has 0 amide bonds. The molecule has 1 heterocycles. The van der Waals surface area contributed by atoms with Gasteiger partial charge < -0.3 is 10.1 Å². The largest absolute Gasteiger partial charge is 0.469 e. The molecule has 1 atom stereocenters. The summed E-state index contributed by atoms with van der Waals surface area (Å²) in [5.74, 6) is -0.597. The van der Waals surface area contributed by atoms with E-state index in [4.69, 9.17) is 11.6 Å². The Hall–Kier alpha value is -1.57. The Labute approximate surface area is 112 Å². The number of ether oxygens (including phenoxy) is 1. The van der Waals surface area contributed by atoms with Crippen LogP contribution in [0, 0.1) is 0 Å². The first-order valence-electron chi connectivity index (χ1n) is 5.17. The third kappa shape index (κ3) is 4.90. The molecule has 0 aliphatic heterocycles. The van der Waals surface area contributed by atoms with Crippen LogP contribution in [0.1, 0.15) is 19.0 Å². The molecule has 0 fully saturated rings. The lowest BCUT2D eigenvalue weighted by Crippen LogP contribution is -2.21. The molecule has 0 bridgehead atoms. The molecule has 0 saturated heterocycles. The summed E-state index contributed by atoms with van der Waals surface area (Å²) in [7, 11) is 1.22. The topological polar surface area (TPSA) is 64.1 Å². The number of esters is 1. The van der Waals surface area contributed by atoms with Crippen molar-refractivity contribution in [2.75, 3.05) is 12.4 Å². The number of methoxy groups -OCH3 is 1. The van der Waals surface area contributed by atoms with Crippen molar-refractivity contribution in [2.24, 2.45) is 0 Å². The van der Waals surface area contributed by atoms with Gasteiger partial charge in [-0.2, -0.15) is 13.2 Å². The minimum absolute atomic E-state index is 0.0144. The summed E-state index contributed by atoms with van der Waals surface area (Å²) in [6, 6.07) is 0.263. The van der Waals surface area contributed by atoms with Crippen molar-refractivity contribution in [3.8, 4) is 0 Å². The van der Waals surface area contributed by atoms with Crippen LogP contribution in [0.3, 0.4) is 0 Å². The van der Waals surface area contributed by atoms with E-state index in [0.717, 1.165) is 6.07 Å². The number of aromatic nitrogens is 2. The Balaban J connectivity index is 2.84. The van der Waals surface area contributed by atoms with Crippen LogP contribution in [-0.2, 0) is 15.7 Å². The summed E-state index contributed by atoms with van der Waals surface area (Å²) >= 11 is 5.42. The Morgan fingerprint density at radius 1 is 1.53 bits per heavy atom. The summed E-state index contributed by atoms with van der Waals surface area (Å²) in [5.41, 5.74) is -1.15. The monoisotopic (exact) mass is 297 g/mol. The van der Waals surface area contributed by atoms with Gasteiger partial charge in [-0.1, -0.05) is 0 Å². The fourth-order valence-electron chi connectivity index (χ4n) is 1.27. The summed E-state index contributed by atoms with van der Waals surface area (Å²) in [4.78, 5) is 17.7. The van der Waals surface area contributed by atoms with E-state index in [1.54, 1.807) is 6.92 Å². The average Bonchev–Trinajstić information content (AvgIpc) is 2.26. The molecule has 0 aromatic carbocycles. The molecule has 0 spiro atoms. The van der Waals surface area contributed by atoms with Gasteiger partial charge in [0.05, 0.1) is 13.5 Å². The maximum Gasteiger partial charge on any atom is 0.433 e. The van der Waals surface area contributed by atoms with Crippen LogP contribution in [0.4, 0.5) is 19.0 Å². The molecule has 0 aliphatic rings. The molecule has 0 aliphatic carbocycles. The summed E-state index contributed by atoms with van der Waals surface area (Å²) in [6.07, 6.45) is -4.63. The minimum atomic E-state index is -4.62. The third-order valence-corrected chi connectivity index (χ3v) is 2.25. The number of hydrogen-bond donors (Lipinski definition) is 1. The molecule has 1 unspecified atom stereocenters. The molecule has 19 heavy (non-hydrogen) atoms. The summed E-state index contributed by atoms with van der Waals surface area (Å²) in [5, 5.41) is 2.10. The molecule has 1 N–H and O–H groups in total. The van der Waals surface area contributed by atoms with Crippen LogP contribution in [0.2, 0.25) is 5.28 Å². The first-order valence-corrected chi connectivity index (χ1v) is 5.55.